The number of carbonyl (C=O) groups is 1. The third-order valence-corrected chi connectivity index (χ3v) is 3.28. The van der Waals surface area contributed by atoms with Gasteiger partial charge in [0.25, 0.3) is 5.91 Å². The molecule has 0 bridgehead atoms. The van der Waals surface area contributed by atoms with E-state index in [2.05, 4.69) is 5.32 Å². The summed E-state index contributed by atoms with van der Waals surface area (Å²) in [6.07, 6.45) is 0.00654. The highest BCUT2D eigenvalue weighted by molar-refractivity contribution is 6.04. The molecule has 2 aromatic carbocycles. The number of amides is 1. The third kappa shape index (κ3) is 3.83. The molecule has 1 atom stereocenters. The van der Waals surface area contributed by atoms with Gasteiger partial charge in [-0.2, -0.15) is 0 Å². The van der Waals surface area contributed by atoms with Crippen molar-refractivity contribution in [3.05, 3.63) is 64.2 Å². The lowest BCUT2D eigenvalue weighted by Crippen LogP contribution is -2.12. The number of epoxide rings is 1. The number of carbonyl (C=O) groups excluding carboxylic acids is 1. The molecule has 1 aliphatic rings. The molecule has 0 aromatic heterocycles. The van der Waals surface area contributed by atoms with E-state index in [4.69, 9.17) is 9.47 Å². The minimum absolute atomic E-state index is 0.00654. The molecule has 23 heavy (non-hydrogen) atoms. The molecule has 0 aliphatic carbocycles. The zero-order valence-corrected chi connectivity index (χ0v) is 12.1. The summed E-state index contributed by atoms with van der Waals surface area (Å²) in [6, 6.07) is 12.9. The van der Waals surface area contributed by atoms with Gasteiger partial charge in [-0.1, -0.05) is 18.2 Å². The van der Waals surface area contributed by atoms with Crippen molar-refractivity contribution in [1.29, 1.82) is 0 Å². The second-order valence-corrected chi connectivity index (χ2v) is 5.03. The van der Waals surface area contributed by atoms with E-state index in [0.717, 1.165) is 0 Å². The number of nitro benzene ring substituents is 1. The summed E-state index contributed by atoms with van der Waals surface area (Å²) in [4.78, 5) is 22.7. The normalized spacial score (nSPS) is 15.7. The van der Waals surface area contributed by atoms with Crippen LogP contribution in [0.15, 0.2) is 48.5 Å². The molecule has 1 unspecified atom stereocenters. The lowest BCUT2D eigenvalue weighted by atomic mass is 10.2. The number of anilines is 1. The first-order valence-electron chi connectivity index (χ1n) is 7.03. The van der Waals surface area contributed by atoms with Crippen LogP contribution in [-0.4, -0.2) is 30.1 Å². The van der Waals surface area contributed by atoms with Crippen LogP contribution in [0.3, 0.4) is 0 Å². The molecule has 1 amide bonds. The number of nitro groups is 1. The highest BCUT2D eigenvalue weighted by Gasteiger charge is 2.25. The molecule has 0 spiro atoms. The predicted molar refractivity (Wildman–Crippen MR) is 82.7 cm³/mol. The molecule has 1 fully saturated rings. The molecule has 1 aliphatic heterocycles. The van der Waals surface area contributed by atoms with Crippen LogP contribution in [0.5, 0.6) is 5.75 Å². The molecule has 1 N–H and O–H groups in total. The van der Waals surface area contributed by atoms with Gasteiger partial charge in [0.15, 0.2) is 5.75 Å². The van der Waals surface area contributed by atoms with E-state index in [9.17, 15) is 14.9 Å². The lowest BCUT2D eigenvalue weighted by Gasteiger charge is -2.08. The maximum atomic E-state index is 12.1. The van der Waals surface area contributed by atoms with Crippen molar-refractivity contribution in [2.45, 2.75) is 6.10 Å². The fraction of sp³-hybridized carbons (Fsp3) is 0.188. The SMILES string of the molecule is O=C(Nc1ccc(OCC2CO2)c([N+](=O)[O-])c1)c1ccccc1. The van der Waals surface area contributed by atoms with Gasteiger partial charge >= 0.3 is 5.69 Å². The van der Waals surface area contributed by atoms with Gasteiger partial charge in [0, 0.05) is 17.3 Å². The van der Waals surface area contributed by atoms with Gasteiger partial charge in [-0.25, -0.2) is 0 Å². The molecule has 3 rings (SSSR count). The Balaban J connectivity index is 1.75. The molecule has 7 nitrogen and oxygen atoms in total. The highest BCUT2D eigenvalue weighted by atomic mass is 16.6. The summed E-state index contributed by atoms with van der Waals surface area (Å²) >= 11 is 0. The van der Waals surface area contributed by atoms with Gasteiger partial charge in [-0.05, 0) is 24.3 Å². The highest BCUT2D eigenvalue weighted by Crippen LogP contribution is 2.31. The molecular formula is C16H14N2O5. The number of benzene rings is 2. The molecule has 0 saturated carbocycles. The summed E-state index contributed by atoms with van der Waals surface area (Å²) < 4.78 is 10.4. The average molecular weight is 314 g/mol. The van der Waals surface area contributed by atoms with Crippen molar-refractivity contribution in [2.75, 3.05) is 18.5 Å². The van der Waals surface area contributed by atoms with Crippen molar-refractivity contribution in [3.63, 3.8) is 0 Å². The fourth-order valence-electron chi connectivity index (χ4n) is 2.00. The molecule has 2 aromatic rings. The van der Waals surface area contributed by atoms with Gasteiger partial charge in [-0.3, -0.25) is 14.9 Å². The van der Waals surface area contributed by atoms with Crippen molar-refractivity contribution >= 4 is 17.3 Å². The van der Waals surface area contributed by atoms with Gasteiger partial charge < -0.3 is 14.8 Å². The van der Waals surface area contributed by atoms with Crippen LogP contribution in [0, 0.1) is 10.1 Å². The predicted octanol–water partition coefficient (Wildman–Crippen LogP) is 2.62. The number of hydrogen-bond acceptors (Lipinski definition) is 5. The van der Waals surface area contributed by atoms with E-state index >= 15 is 0 Å². The number of ether oxygens (including phenoxy) is 2. The van der Waals surface area contributed by atoms with Crippen LogP contribution in [-0.2, 0) is 4.74 Å². The average Bonchev–Trinajstić information content (AvgIpc) is 3.38. The van der Waals surface area contributed by atoms with Crippen molar-refractivity contribution in [1.82, 2.24) is 0 Å². The Bertz CT molecular complexity index is 729. The molecule has 1 heterocycles. The first-order valence-corrected chi connectivity index (χ1v) is 7.03. The Morgan fingerprint density at radius 3 is 2.70 bits per heavy atom. The fourth-order valence-corrected chi connectivity index (χ4v) is 2.00. The smallest absolute Gasteiger partial charge is 0.312 e. The first kappa shape index (κ1) is 15.0. The largest absolute Gasteiger partial charge is 0.484 e. The number of hydrogen-bond donors (Lipinski definition) is 1. The maximum Gasteiger partial charge on any atom is 0.312 e. The summed E-state index contributed by atoms with van der Waals surface area (Å²) in [5, 5.41) is 13.8. The number of nitrogens with one attached hydrogen (secondary N) is 1. The third-order valence-electron chi connectivity index (χ3n) is 3.28. The summed E-state index contributed by atoms with van der Waals surface area (Å²) in [5.41, 5.74) is 0.610. The summed E-state index contributed by atoms with van der Waals surface area (Å²) in [5.74, 6) is -0.178. The maximum absolute atomic E-state index is 12.1. The van der Waals surface area contributed by atoms with Gasteiger partial charge in [0.2, 0.25) is 0 Å². The van der Waals surface area contributed by atoms with E-state index < -0.39 is 4.92 Å². The lowest BCUT2D eigenvalue weighted by molar-refractivity contribution is -0.385. The van der Waals surface area contributed by atoms with Crippen LogP contribution in [0.2, 0.25) is 0 Å². The molecule has 118 valence electrons. The van der Waals surface area contributed by atoms with Gasteiger partial charge in [0.05, 0.1) is 11.5 Å². The van der Waals surface area contributed by atoms with Crippen LogP contribution >= 0.6 is 0 Å². The Labute approximate surface area is 132 Å². The first-order chi connectivity index (χ1) is 11.1. The molecular weight excluding hydrogens is 300 g/mol. The van der Waals surface area contributed by atoms with E-state index in [1.54, 1.807) is 36.4 Å². The van der Waals surface area contributed by atoms with Gasteiger partial charge in [-0.15, -0.1) is 0 Å². The Morgan fingerprint density at radius 2 is 2.04 bits per heavy atom. The number of rotatable bonds is 6. The van der Waals surface area contributed by atoms with Crippen LogP contribution in [0.4, 0.5) is 11.4 Å². The van der Waals surface area contributed by atoms with Crippen LogP contribution in [0.1, 0.15) is 10.4 Å². The quantitative estimate of drug-likeness (QED) is 0.502. The number of nitrogens with zero attached hydrogens (tertiary/aromatic N) is 1. The zero-order chi connectivity index (χ0) is 16.2. The molecule has 7 heteroatoms. The summed E-state index contributed by atoms with van der Waals surface area (Å²) in [7, 11) is 0. The monoisotopic (exact) mass is 314 g/mol. The van der Waals surface area contributed by atoms with Crippen LogP contribution < -0.4 is 10.1 Å². The van der Waals surface area contributed by atoms with Crippen molar-refractivity contribution in [3.8, 4) is 5.75 Å². The Morgan fingerprint density at radius 1 is 1.30 bits per heavy atom. The Hall–Kier alpha value is -2.93. The topological polar surface area (TPSA) is 94.0 Å². The van der Waals surface area contributed by atoms with Crippen molar-refractivity contribution < 1.29 is 19.2 Å². The second-order valence-electron chi connectivity index (χ2n) is 5.03. The van der Waals surface area contributed by atoms with E-state index in [1.807, 2.05) is 0 Å². The van der Waals surface area contributed by atoms with E-state index in [-0.39, 0.29) is 30.1 Å². The van der Waals surface area contributed by atoms with E-state index in [0.29, 0.717) is 17.9 Å². The second kappa shape index (κ2) is 6.45. The summed E-state index contributed by atoms with van der Waals surface area (Å²) in [6.45, 7) is 0.884. The zero-order valence-electron chi connectivity index (χ0n) is 12.1. The van der Waals surface area contributed by atoms with Crippen LogP contribution in [0.25, 0.3) is 0 Å². The molecule has 1 saturated heterocycles. The minimum atomic E-state index is -0.540. The molecule has 0 radical (unpaired) electrons. The Kier molecular flexibility index (Phi) is 4.20. The van der Waals surface area contributed by atoms with Gasteiger partial charge in [0.1, 0.15) is 12.7 Å². The van der Waals surface area contributed by atoms with E-state index in [1.165, 1.54) is 12.1 Å². The standard InChI is InChI=1S/C16H14N2O5/c19-16(11-4-2-1-3-5-11)17-12-6-7-15(14(8-12)18(20)21)23-10-13-9-22-13/h1-8,13H,9-10H2,(H,17,19). The van der Waals surface area contributed by atoms with Crippen molar-refractivity contribution in [2.24, 2.45) is 0 Å². The minimum Gasteiger partial charge on any atom is -0.484 e.